The molecule has 0 aliphatic carbocycles. The van der Waals surface area contributed by atoms with Gasteiger partial charge in [0.25, 0.3) is 0 Å². The highest BCUT2D eigenvalue weighted by atomic mass is 32.1. The monoisotopic (exact) mass is 259 g/mol. The van der Waals surface area contributed by atoms with Crippen LogP contribution in [0.5, 0.6) is 0 Å². The van der Waals surface area contributed by atoms with Gasteiger partial charge in [-0.2, -0.15) is 11.3 Å². The van der Waals surface area contributed by atoms with Crippen LogP contribution in [0, 0.1) is 0 Å². The summed E-state index contributed by atoms with van der Waals surface area (Å²) in [5.74, 6) is 0.639. The summed E-state index contributed by atoms with van der Waals surface area (Å²) in [6.45, 7) is 4.48. The molecule has 1 heterocycles. The molecule has 1 nitrogen and oxygen atoms in total. The number of nitrogens with one attached hydrogen (secondary N) is 1. The Morgan fingerprint density at radius 3 is 2.67 bits per heavy atom. The number of rotatable bonds is 7. The summed E-state index contributed by atoms with van der Waals surface area (Å²) in [5, 5.41) is 7.91. The normalized spacial score (nSPS) is 12.5. The first kappa shape index (κ1) is 13.3. The van der Waals surface area contributed by atoms with Crippen molar-refractivity contribution in [3.05, 3.63) is 58.3 Å². The Morgan fingerprint density at radius 2 is 1.94 bits per heavy atom. The lowest BCUT2D eigenvalue weighted by atomic mass is 9.98. The van der Waals surface area contributed by atoms with Crippen molar-refractivity contribution in [3.63, 3.8) is 0 Å². The van der Waals surface area contributed by atoms with Gasteiger partial charge in [-0.3, -0.25) is 0 Å². The molecule has 1 aromatic heterocycles. The van der Waals surface area contributed by atoms with Crippen molar-refractivity contribution < 1.29 is 0 Å². The van der Waals surface area contributed by atoms with Crippen LogP contribution < -0.4 is 5.32 Å². The predicted octanol–water partition coefficient (Wildman–Crippen LogP) is 4.07. The largest absolute Gasteiger partial charge is 0.316 e. The van der Waals surface area contributed by atoms with Gasteiger partial charge in [0.1, 0.15) is 0 Å². The van der Waals surface area contributed by atoms with Gasteiger partial charge in [0, 0.05) is 0 Å². The summed E-state index contributed by atoms with van der Waals surface area (Å²) in [6, 6.07) is 13.0. The van der Waals surface area contributed by atoms with Crippen LogP contribution in [0.15, 0.2) is 47.2 Å². The average Bonchev–Trinajstić information content (AvgIpc) is 2.92. The molecule has 18 heavy (non-hydrogen) atoms. The van der Waals surface area contributed by atoms with Gasteiger partial charge in [-0.1, -0.05) is 37.3 Å². The van der Waals surface area contributed by atoms with Gasteiger partial charge < -0.3 is 5.32 Å². The quantitative estimate of drug-likeness (QED) is 0.739. The Labute approximate surface area is 114 Å². The van der Waals surface area contributed by atoms with E-state index in [0.717, 1.165) is 19.5 Å². The molecule has 1 aromatic carbocycles. The minimum Gasteiger partial charge on any atom is -0.316 e. The highest BCUT2D eigenvalue weighted by Gasteiger charge is 2.03. The zero-order valence-corrected chi connectivity index (χ0v) is 11.7. The fraction of sp³-hybridized carbons (Fsp3) is 0.375. The SMILES string of the molecule is CC(CCNCCc1ccsc1)c1ccccc1. The summed E-state index contributed by atoms with van der Waals surface area (Å²) in [5.41, 5.74) is 2.89. The first-order valence-corrected chi connectivity index (χ1v) is 7.57. The average molecular weight is 259 g/mol. The molecule has 2 heteroatoms. The molecule has 0 radical (unpaired) electrons. The van der Waals surface area contributed by atoms with Crippen LogP contribution >= 0.6 is 11.3 Å². The first-order valence-electron chi connectivity index (χ1n) is 6.63. The van der Waals surface area contributed by atoms with Crippen molar-refractivity contribution >= 4 is 11.3 Å². The van der Waals surface area contributed by atoms with Crippen LogP contribution in [-0.4, -0.2) is 13.1 Å². The van der Waals surface area contributed by atoms with Crippen LogP contribution in [0.25, 0.3) is 0 Å². The second-order valence-corrected chi connectivity index (χ2v) is 5.51. The van der Waals surface area contributed by atoms with E-state index in [0.29, 0.717) is 5.92 Å². The molecule has 0 amide bonds. The molecule has 1 unspecified atom stereocenters. The highest BCUT2D eigenvalue weighted by Crippen LogP contribution is 2.17. The zero-order valence-electron chi connectivity index (χ0n) is 10.9. The topological polar surface area (TPSA) is 12.0 Å². The van der Waals surface area contributed by atoms with Gasteiger partial charge in [0.05, 0.1) is 0 Å². The summed E-state index contributed by atoms with van der Waals surface area (Å²) in [6.07, 6.45) is 2.34. The Balaban J connectivity index is 1.61. The van der Waals surface area contributed by atoms with Crippen LogP contribution in [0.2, 0.25) is 0 Å². The van der Waals surface area contributed by atoms with Crippen molar-refractivity contribution in [2.24, 2.45) is 0 Å². The van der Waals surface area contributed by atoms with E-state index in [4.69, 9.17) is 0 Å². The molecule has 96 valence electrons. The van der Waals surface area contributed by atoms with Gasteiger partial charge in [-0.25, -0.2) is 0 Å². The summed E-state index contributed by atoms with van der Waals surface area (Å²) < 4.78 is 0. The van der Waals surface area contributed by atoms with E-state index < -0.39 is 0 Å². The minimum atomic E-state index is 0.639. The van der Waals surface area contributed by atoms with Gasteiger partial charge in [-0.05, 0) is 59.8 Å². The third-order valence-corrected chi connectivity index (χ3v) is 4.03. The van der Waals surface area contributed by atoms with E-state index >= 15 is 0 Å². The van der Waals surface area contributed by atoms with E-state index in [1.165, 1.54) is 17.5 Å². The fourth-order valence-electron chi connectivity index (χ4n) is 2.06. The van der Waals surface area contributed by atoms with Crippen LogP contribution in [0.3, 0.4) is 0 Å². The Morgan fingerprint density at radius 1 is 1.11 bits per heavy atom. The molecule has 0 fully saturated rings. The molecule has 0 saturated carbocycles. The van der Waals surface area contributed by atoms with Crippen LogP contribution in [0.4, 0.5) is 0 Å². The molecule has 0 aliphatic heterocycles. The minimum absolute atomic E-state index is 0.639. The second kappa shape index (κ2) is 7.34. The zero-order chi connectivity index (χ0) is 12.6. The molecule has 0 saturated heterocycles. The molecule has 1 atom stereocenters. The van der Waals surface area contributed by atoms with E-state index in [2.05, 4.69) is 59.4 Å². The lowest BCUT2D eigenvalue weighted by molar-refractivity contribution is 0.595. The summed E-state index contributed by atoms with van der Waals surface area (Å²) in [4.78, 5) is 0. The van der Waals surface area contributed by atoms with E-state index in [1.807, 2.05) is 0 Å². The van der Waals surface area contributed by atoms with Crippen molar-refractivity contribution in [3.8, 4) is 0 Å². The van der Waals surface area contributed by atoms with Crippen LogP contribution in [0.1, 0.15) is 30.4 Å². The lowest BCUT2D eigenvalue weighted by Gasteiger charge is -2.12. The molecule has 0 aliphatic rings. The Hall–Kier alpha value is -1.12. The first-order chi connectivity index (χ1) is 8.86. The summed E-state index contributed by atoms with van der Waals surface area (Å²) >= 11 is 1.78. The Kier molecular flexibility index (Phi) is 5.43. The van der Waals surface area contributed by atoms with Crippen molar-refractivity contribution in [2.75, 3.05) is 13.1 Å². The summed E-state index contributed by atoms with van der Waals surface area (Å²) in [7, 11) is 0. The predicted molar refractivity (Wildman–Crippen MR) is 80.4 cm³/mol. The van der Waals surface area contributed by atoms with Gasteiger partial charge in [0.2, 0.25) is 0 Å². The molecule has 1 N–H and O–H groups in total. The fourth-order valence-corrected chi connectivity index (χ4v) is 2.76. The number of hydrogen-bond acceptors (Lipinski definition) is 2. The molecule has 0 bridgehead atoms. The van der Waals surface area contributed by atoms with Gasteiger partial charge in [0.15, 0.2) is 0 Å². The standard InChI is InChI=1S/C16H21NS/c1-14(16-5-3-2-4-6-16)7-10-17-11-8-15-9-12-18-13-15/h2-6,9,12-14,17H,7-8,10-11H2,1H3. The maximum absolute atomic E-state index is 3.53. The molecule has 2 aromatic rings. The van der Waals surface area contributed by atoms with E-state index in [1.54, 1.807) is 11.3 Å². The number of thiophene rings is 1. The third-order valence-electron chi connectivity index (χ3n) is 3.29. The Bertz CT molecular complexity index is 422. The van der Waals surface area contributed by atoms with Crippen molar-refractivity contribution in [1.29, 1.82) is 0 Å². The van der Waals surface area contributed by atoms with Crippen molar-refractivity contribution in [2.45, 2.75) is 25.7 Å². The number of hydrogen-bond donors (Lipinski definition) is 1. The second-order valence-electron chi connectivity index (χ2n) is 4.73. The van der Waals surface area contributed by atoms with E-state index in [-0.39, 0.29) is 0 Å². The lowest BCUT2D eigenvalue weighted by Crippen LogP contribution is -2.19. The molecular formula is C16H21NS. The van der Waals surface area contributed by atoms with Crippen LogP contribution in [-0.2, 0) is 6.42 Å². The number of benzene rings is 1. The maximum Gasteiger partial charge on any atom is -0.000805 e. The van der Waals surface area contributed by atoms with Crippen molar-refractivity contribution in [1.82, 2.24) is 5.32 Å². The van der Waals surface area contributed by atoms with Gasteiger partial charge >= 0.3 is 0 Å². The maximum atomic E-state index is 3.53. The molecule has 2 rings (SSSR count). The van der Waals surface area contributed by atoms with Gasteiger partial charge in [-0.15, -0.1) is 0 Å². The van der Waals surface area contributed by atoms with E-state index in [9.17, 15) is 0 Å². The highest BCUT2D eigenvalue weighted by molar-refractivity contribution is 7.07. The molecular weight excluding hydrogens is 238 g/mol. The molecule has 0 spiro atoms. The third kappa shape index (κ3) is 4.28. The smallest absolute Gasteiger partial charge is 0.000805 e.